The molecule has 2 bridgehead atoms. The molecule has 0 saturated heterocycles. The second kappa shape index (κ2) is 5.17. The van der Waals surface area contributed by atoms with E-state index in [0.717, 1.165) is 22.9 Å². The lowest BCUT2D eigenvalue weighted by Crippen LogP contribution is -2.35. The molecule has 126 valence electrons. The monoisotopic (exact) mass is 329 g/mol. The molecule has 1 heterocycles. The van der Waals surface area contributed by atoms with Crippen molar-refractivity contribution in [1.29, 1.82) is 0 Å². The van der Waals surface area contributed by atoms with Crippen molar-refractivity contribution >= 4 is 10.8 Å². The summed E-state index contributed by atoms with van der Waals surface area (Å²) in [6, 6.07) is 12.1. The van der Waals surface area contributed by atoms with E-state index >= 15 is 0 Å². The summed E-state index contributed by atoms with van der Waals surface area (Å²) in [6.07, 6.45) is 4.09. The highest BCUT2D eigenvalue weighted by Crippen LogP contribution is 2.54. The molecule has 2 atom stereocenters. The van der Waals surface area contributed by atoms with Crippen LogP contribution >= 0.6 is 0 Å². The van der Waals surface area contributed by atoms with E-state index in [1.807, 2.05) is 0 Å². The Hall–Kier alpha value is -2.15. The number of hydrogen-bond acceptors (Lipinski definition) is 0. The third kappa shape index (κ3) is 2.11. The van der Waals surface area contributed by atoms with Crippen molar-refractivity contribution in [1.82, 2.24) is 0 Å². The van der Waals surface area contributed by atoms with Crippen LogP contribution in [-0.4, -0.2) is 0 Å². The van der Waals surface area contributed by atoms with Crippen LogP contribution in [0.1, 0.15) is 60.4 Å². The number of aryl methyl sites for hydroxylation is 2. The van der Waals surface area contributed by atoms with E-state index in [9.17, 15) is 0 Å². The molecule has 0 N–H and O–H groups in total. The summed E-state index contributed by atoms with van der Waals surface area (Å²) in [4.78, 5) is 0. The molecule has 1 heteroatoms. The summed E-state index contributed by atoms with van der Waals surface area (Å²) < 4.78 is 10.8. The summed E-state index contributed by atoms with van der Waals surface area (Å²) in [7, 11) is 2.11. The van der Waals surface area contributed by atoms with E-state index in [1.165, 1.54) is 47.0 Å². The van der Waals surface area contributed by atoms with Crippen molar-refractivity contribution in [2.24, 2.45) is 7.05 Å². The zero-order valence-electron chi connectivity index (χ0n) is 16.6. The number of fused-ring (bicyclic) bond motifs is 6. The van der Waals surface area contributed by atoms with Crippen LogP contribution in [0, 0.1) is 20.8 Å². The first kappa shape index (κ1) is 14.1. The summed E-state index contributed by atoms with van der Waals surface area (Å²) in [5.74, 6) is 1.57. The topological polar surface area (TPSA) is 3.88 Å². The Morgan fingerprint density at radius 2 is 1.72 bits per heavy atom. The molecule has 0 amide bonds. The number of nitrogens with zero attached hydrogens (tertiary/aromatic N) is 1. The molecule has 2 aliphatic carbocycles. The molecule has 3 aromatic rings. The van der Waals surface area contributed by atoms with Gasteiger partial charge in [-0.3, -0.25) is 0 Å². The first-order chi connectivity index (χ1) is 12.5. The van der Waals surface area contributed by atoms with Crippen molar-refractivity contribution in [2.45, 2.75) is 51.9 Å². The lowest BCUT2D eigenvalue weighted by Gasteiger charge is -2.18. The standard InChI is InChI=1S/C24H26N/c1-14-5-6-17-11-16(3)25(4)24(23(17)9-14)20-13-22-19-8-7-18(12-19)21(22)10-15(20)2/h5-6,9-11,13,18-19H,7-8,12H2,1-4H3/q+1/i11D. The Kier molecular flexibility index (Phi) is 2.91. The maximum absolute atomic E-state index is 8.58. The molecule has 2 aliphatic rings. The van der Waals surface area contributed by atoms with E-state index in [-0.39, 0.29) is 0 Å². The molecular weight excluding hydrogens is 302 g/mol. The van der Waals surface area contributed by atoms with Crippen LogP contribution in [0.25, 0.3) is 22.0 Å². The summed E-state index contributed by atoms with van der Waals surface area (Å²) in [5.41, 5.74) is 9.46. The fraction of sp³-hybridized carbons (Fsp3) is 0.375. The SMILES string of the molecule is [2H]c1c(C)[n+](C)c(-c2cc3c(cc2C)C2CCC3C2)c2cc(C)ccc12. The zero-order chi connectivity index (χ0) is 18.2. The van der Waals surface area contributed by atoms with Crippen LogP contribution in [0.3, 0.4) is 0 Å². The molecular formula is C24H26N+. The van der Waals surface area contributed by atoms with Crippen LogP contribution in [0.2, 0.25) is 0 Å². The molecule has 0 radical (unpaired) electrons. The van der Waals surface area contributed by atoms with Crippen molar-refractivity contribution in [3.8, 4) is 11.3 Å². The predicted molar refractivity (Wildman–Crippen MR) is 104 cm³/mol. The second-order valence-electron chi connectivity index (χ2n) is 8.17. The molecule has 1 fully saturated rings. The average Bonchev–Trinajstić information content (AvgIpc) is 3.22. The zero-order valence-corrected chi connectivity index (χ0v) is 15.6. The minimum atomic E-state index is 0.643. The summed E-state index contributed by atoms with van der Waals surface area (Å²) in [6.45, 7) is 6.46. The van der Waals surface area contributed by atoms with Gasteiger partial charge < -0.3 is 0 Å². The fourth-order valence-electron chi connectivity index (χ4n) is 5.17. The minimum absolute atomic E-state index is 0.643. The number of rotatable bonds is 1. The van der Waals surface area contributed by atoms with Gasteiger partial charge in [0.2, 0.25) is 5.69 Å². The highest BCUT2D eigenvalue weighted by atomic mass is 14.9. The lowest BCUT2D eigenvalue weighted by molar-refractivity contribution is -0.665. The Labute approximate surface area is 151 Å². The van der Waals surface area contributed by atoms with E-state index in [4.69, 9.17) is 1.37 Å². The summed E-state index contributed by atoms with van der Waals surface area (Å²) in [5, 5.41) is 2.26. The Balaban J connectivity index is 1.86. The van der Waals surface area contributed by atoms with E-state index < -0.39 is 0 Å². The number of aromatic nitrogens is 1. The largest absolute Gasteiger partial charge is 0.220 e. The van der Waals surface area contributed by atoms with Gasteiger partial charge in [0.15, 0.2) is 5.69 Å². The highest BCUT2D eigenvalue weighted by Gasteiger charge is 2.37. The van der Waals surface area contributed by atoms with Crippen molar-refractivity contribution in [3.05, 3.63) is 64.3 Å². The third-order valence-corrected chi connectivity index (χ3v) is 6.58. The quantitative estimate of drug-likeness (QED) is 0.510. The average molecular weight is 329 g/mol. The Morgan fingerprint density at radius 1 is 1.00 bits per heavy atom. The number of hydrogen-bond donors (Lipinski definition) is 0. The molecule has 1 nitrogen and oxygen atoms in total. The van der Waals surface area contributed by atoms with Gasteiger partial charge in [0.1, 0.15) is 7.05 Å². The molecule has 1 saturated carbocycles. The van der Waals surface area contributed by atoms with Crippen molar-refractivity contribution in [3.63, 3.8) is 0 Å². The lowest BCUT2D eigenvalue weighted by atomic mass is 9.86. The molecule has 0 aliphatic heterocycles. The van der Waals surface area contributed by atoms with Gasteiger partial charge in [0.25, 0.3) is 0 Å². The number of benzene rings is 2. The third-order valence-electron chi connectivity index (χ3n) is 6.58. The van der Waals surface area contributed by atoms with Crippen molar-refractivity contribution in [2.75, 3.05) is 0 Å². The maximum atomic E-state index is 8.58. The normalized spacial score (nSPS) is 21.7. The van der Waals surface area contributed by atoms with Gasteiger partial charge in [-0.15, -0.1) is 0 Å². The van der Waals surface area contributed by atoms with E-state index in [1.54, 1.807) is 11.1 Å². The highest BCUT2D eigenvalue weighted by molar-refractivity contribution is 5.94. The van der Waals surface area contributed by atoms with Crippen LogP contribution in [0.15, 0.2) is 36.4 Å². The molecule has 5 rings (SSSR count). The van der Waals surface area contributed by atoms with Gasteiger partial charge >= 0.3 is 0 Å². The van der Waals surface area contributed by atoms with Gasteiger partial charge in [-0.25, -0.2) is 0 Å². The van der Waals surface area contributed by atoms with Gasteiger partial charge in [-0.1, -0.05) is 23.8 Å². The minimum Gasteiger partial charge on any atom is -0.198 e. The molecule has 1 aromatic heterocycles. The van der Waals surface area contributed by atoms with E-state index in [2.05, 4.69) is 62.7 Å². The molecule has 25 heavy (non-hydrogen) atoms. The first-order valence-corrected chi connectivity index (χ1v) is 9.50. The van der Waals surface area contributed by atoms with Gasteiger partial charge in [0.05, 0.1) is 12.3 Å². The van der Waals surface area contributed by atoms with E-state index in [0.29, 0.717) is 6.04 Å². The predicted octanol–water partition coefficient (Wildman–Crippen LogP) is 5.62. The van der Waals surface area contributed by atoms with Gasteiger partial charge in [-0.05, 0) is 79.2 Å². The van der Waals surface area contributed by atoms with Crippen molar-refractivity contribution < 1.29 is 5.94 Å². The Morgan fingerprint density at radius 3 is 2.48 bits per heavy atom. The fourth-order valence-corrected chi connectivity index (χ4v) is 5.17. The molecule has 2 unspecified atom stereocenters. The van der Waals surface area contributed by atoms with Crippen LogP contribution in [0.4, 0.5) is 0 Å². The van der Waals surface area contributed by atoms with Crippen LogP contribution in [0.5, 0.6) is 0 Å². The van der Waals surface area contributed by atoms with Crippen LogP contribution in [-0.2, 0) is 7.05 Å². The smallest absolute Gasteiger partial charge is 0.198 e. The second-order valence-corrected chi connectivity index (χ2v) is 8.17. The molecule has 2 aromatic carbocycles. The number of pyridine rings is 1. The van der Waals surface area contributed by atoms with Gasteiger partial charge in [-0.2, -0.15) is 4.57 Å². The first-order valence-electron chi connectivity index (χ1n) is 10.00. The summed E-state index contributed by atoms with van der Waals surface area (Å²) >= 11 is 0. The van der Waals surface area contributed by atoms with Gasteiger partial charge in [0, 0.05) is 13.0 Å². The Bertz CT molecular complexity index is 1080. The molecule has 0 spiro atoms. The maximum Gasteiger partial charge on any atom is 0.220 e. The van der Waals surface area contributed by atoms with Crippen LogP contribution < -0.4 is 4.57 Å².